The smallest absolute Gasteiger partial charge is 0.248 e. The number of rotatable bonds is 5. The van der Waals surface area contributed by atoms with Crippen molar-refractivity contribution >= 4 is 17.2 Å². The summed E-state index contributed by atoms with van der Waals surface area (Å²) in [6.45, 7) is 2.54. The Morgan fingerprint density at radius 3 is 2.65 bits per heavy atom. The molecule has 31 heavy (non-hydrogen) atoms. The molecule has 7 heteroatoms. The molecule has 0 amide bonds. The Bertz CT molecular complexity index is 1110. The van der Waals surface area contributed by atoms with E-state index in [9.17, 15) is 18.0 Å². The van der Waals surface area contributed by atoms with Gasteiger partial charge in [-0.05, 0) is 67.6 Å². The molecule has 0 unspecified atom stereocenters. The number of aromatic nitrogens is 2. The summed E-state index contributed by atoms with van der Waals surface area (Å²) in [4.78, 5) is 18.1. The number of halogens is 3. The van der Waals surface area contributed by atoms with Gasteiger partial charge in [-0.15, -0.1) is 0 Å². The van der Waals surface area contributed by atoms with E-state index < -0.39 is 11.7 Å². The van der Waals surface area contributed by atoms with Crippen LogP contribution in [0.15, 0.2) is 42.9 Å². The molecule has 1 saturated heterocycles. The van der Waals surface area contributed by atoms with Gasteiger partial charge in [-0.3, -0.25) is 9.78 Å². The van der Waals surface area contributed by atoms with Crippen LogP contribution >= 0.6 is 0 Å². The second-order valence-electron chi connectivity index (χ2n) is 8.87. The third-order valence-corrected chi connectivity index (χ3v) is 6.73. The predicted molar refractivity (Wildman–Crippen MR) is 113 cm³/mol. The van der Waals surface area contributed by atoms with Gasteiger partial charge >= 0.3 is 0 Å². The molecule has 1 saturated carbocycles. The zero-order valence-electron chi connectivity index (χ0n) is 17.1. The number of benzene rings is 1. The molecule has 1 aliphatic carbocycles. The number of piperidine rings is 1. The molecule has 0 bridgehead atoms. The van der Waals surface area contributed by atoms with E-state index in [-0.39, 0.29) is 18.8 Å². The van der Waals surface area contributed by atoms with Crippen LogP contribution < -0.4 is 0 Å². The summed E-state index contributed by atoms with van der Waals surface area (Å²) in [7, 11) is 0. The summed E-state index contributed by atoms with van der Waals surface area (Å²) in [6, 6.07) is 6.19. The fourth-order valence-electron chi connectivity index (χ4n) is 5.17. The Kier molecular flexibility index (Phi) is 5.08. The number of hydrogen-bond acceptors (Lipinski definition) is 3. The second-order valence-corrected chi connectivity index (χ2v) is 8.87. The lowest BCUT2D eigenvalue weighted by molar-refractivity contribution is -0.117. The van der Waals surface area contributed by atoms with Gasteiger partial charge in [-0.25, -0.2) is 13.2 Å². The number of pyridine rings is 1. The topological polar surface area (TPSA) is 38.1 Å². The van der Waals surface area contributed by atoms with Gasteiger partial charge in [0.05, 0.1) is 17.4 Å². The van der Waals surface area contributed by atoms with Crippen LogP contribution in [0.5, 0.6) is 0 Å². The Labute approximate surface area is 178 Å². The van der Waals surface area contributed by atoms with Crippen LogP contribution in [0.25, 0.3) is 16.6 Å². The molecular weight excluding hydrogens is 403 g/mol. The number of alkyl halides is 2. The molecule has 1 aliphatic heterocycles. The first-order chi connectivity index (χ1) is 14.9. The molecule has 5 rings (SSSR count). The normalized spacial score (nSPS) is 20.1. The van der Waals surface area contributed by atoms with Crippen LogP contribution in [0.2, 0.25) is 0 Å². The Balaban J connectivity index is 1.39. The van der Waals surface area contributed by atoms with Crippen LogP contribution in [0, 0.1) is 11.7 Å². The van der Waals surface area contributed by atoms with E-state index in [0.717, 1.165) is 43.4 Å². The highest BCUT2D eigenvalue weighted by molar-refractivity contribution is 5.88. The van der Waals surface area contributed by atoms with E-state index in [1.165, 1.54) is 17.7 Å². The maximum absolute atomic E-state index is 13.6. The summed E-state index contributed by atoms with van der Waals surface area (Å²) < 4.78 is 41.8. The lowest BCUT2D eigenvalue weighted by Gasteiger charge is -2.40. The standard InChI is InChI=1S/C24H24F3N3O/c25-19-1-2-22(18(9-19)15-31)30-14-21(20-3-6-28-12-23(20)30)17-4-7-29(8-5-17)13-16-10-24(26,27)11-16/h1-3,6,9,12,14-17H,4-5,7-8,10-11,13H2. The molecule has 4 nitrogen and oxygen atoms in total. The van der Waals surface area contributed by atoms with E-state index in [0.29, 0.717) is 23.5 Å². The van der Waals surface area contributed by atoms with Crippen LogP contribution in [0.3, 0.4) is 0 Å². The van der Waals surface area contributed by atoms with Gasteiger partial charge in [-0.1, -0.05) is 0 Å². The molecule has 0 radical (unpaired) electrons. The minimum absolute atomic E-state index is 0.0180. The van der Waals surface area contributed by atoms with E-state index in [1.807, 2.05) is 16.8 Å². The maximum Gasteiger partial charge on any atom is 0.248 e. The van der Waals surface area contributed by atoms with Crippen molar-refractivity contribution in [3.63, 3.8) is 0 Å². The monoisotopic (exact) mass is 427 g/mol. The molecule has 162 valence electrons. The molecule has 2 aromatic heterocycles. The number of hydrogen-bond donors (Lipinski definition) is 0. The fourth-order valence-corrected chi connectivity index (χ4v) is 5.17. The van der Waals surface area contributed by atoms with Crippen molar-refractivity contribution in [1.29, 1.82) is 0 Å². The molecule has 0 spiro atoms. The summed E-state index contributed by atoms with van der Waals surface area (Å²) in [6.07, 6.45) is 8.18. The molecule has 0 atom stereocenters. The molecule has 1 aromatic carbocycles. The predicted octanol–water partition coefficient (Wildman–Crippen LogP) is 5.20. The third kappa shape index (κ3) is 3.87. The van der Waals surface area contributed by atoms with Crippen LogP contribution in [0.1, 0.15) is 47.5 Å². The highest BCUT2D eigenvalue weighted by atomic mass is 19.3. The Morgan fingerprint density at radius 1 is 1.16 bits per heavy atom. The first-order valence-electron chi connectivity index (χ1n) is 10.7. The van der Waals surface area contributed by atoms with Crippen molar-refractivity contribution in [3.05, 3.63) is 59.8 Å². The van der Waals surface area contributed by atoms with E-state index in [1.54, 1.807) is 18.5 Å². The molecule has 0 N–H and O–H groups in total. The van der Waals surface area contributed by atoms with Crippen molar-refractivity contribution in [1.82, 2.24) is 14.5 Å². The molecule has 2 fully saturated rings. The summed E-state index contributed by atoms with van der Waals surface area (Å²) >= 11 is 0. The zero-order valence-corrected chi connectivity index (χ0v) is 17.1. The van der Waals surface area contributed by atoms with Crippen molar-refractivity contribution in [2.24, 2.45) is 5.92 Å². The number of fused-ring (bicyclic) bond motifs is 1. The van der Waals surface area contributed by atoms with Gasteiger partial charge in [0.2, 0.25) is 5.92 Å². The number of likely N-dealkylation sites (tertiary alicyclic amines) is 1. The lowest BCUT2D eigenvalue weighted by Crippen LogP contribution is -2.44. The van der Waals surface area contributed by atoms with Crippen molar-refractivity contribution < 1.29 is 18.0 Å². The Hall–Kier alpha value is -2.67. The fraction of sp³-hybridized carbons (Fsp3) is 0.417. The first-order valence-corrected chi connectivity index (χ1v) is 10.7. The summed E-state index contributed by atoms with van der Waals surface area (Å²) in [5.74, 6) is -2.46. The number of nitrogens with zero attached hydrogens (tertiary/aromatic N) is 3. The lowest BCUT2D eigenvalue weighted by atomic mass is 9.80. The SMILES string of the molecule is O=Cc1cc(F)ccc1-n1cc(C2CCN(CC3CC(F)(F)C3)CC2)c2ccncc21. The molecule has 3 aromatic rings. The van der Waals surface area contributed by atoms with Crippen LogP contribution in [0.4, 0.5) is 13.2 Å². The van der Waals surface area contributed by atoms with Gasteiger partial charge in [0.25, 0.3) is 0 Å². The van der Waals surface area contributed by atoms with Crippen molar-refractivity contribution in [2.45, 2.75) is 37.5 Å². The zero-order chi connectivity index (χ0) is 21.6. The molecule has 2 aliphatic rings. The van der Waals surface area contributed by atoms with Crippen molar-refractivity contribution in [3.8, 4) is 5.69 Å². The van der Waals surface area contributed by atoms with Gasteiger partial charge in [-0.2, -0.15) is 0 Å². The number of aldehydes is 1. The highest BCUT2D eigenvalue weighted by Gasteiger charge is 2.45. The van der Waals surface area contributed by atoms with Gasteiger partial charge in [0, 0.05) is 42.7 Å². The maximum atomic E-state index is 13.6. The van der Waals surface area contributed by atoms with Crippen molar-refractivity contribution in [2.75, 3.05) is 19.6 Å². The quantitative estimate of drug-likeness (QED) is 0.525. The number of carbonyl (C=O) groups excluding carboxylic acids is 1. The minimum atomic E-state index is -2.46. The van der Waals surface area contributed by atoms with Crippen LogP contribution in [-0.4, -0.2) is 46.3 Å². The van der Waals surface area contributed by atoms with Gasteiger partial charge in [0.1, 0.15) is 5.82 Å². The Morgan fingerprint density at radius 2 is 1.94 bits per heavy atom. The van der Waals surface area contributed by atoms with Gasteiger partial charge in [0.15, 0.2) is 6.29 Å². The summed E-state index contributed by atoms with van der Waals surface area (Å²) in [5, 5.41) is 1.08. The molecule has 3 heterocycles. The second kappa shape index (κ2) is 7.79. The minimum Gasteiger partial charge on any atom is -0.314 e. The number of carbonyl (C=O) groups is 1. The third-order valence-electron chi connectivity index (χ3n) is 6.73. The average Bonchev–Trinajstić information content (AvgIpc) is 3.12. The van der Waals surface area contributed by atoms with Crippen LogP contribution in [-0.2, 0) is 0 Å². The van der Waals surface area contributed by atoms with E-state index in [4.69, 9.17) is 0 Å². The molecular formula is C24H24F3N3O. The summed E-state index contributed by atoms with van der Waals surface area (Å²) in [5.41, 5.74) is 2.99. The first kappa shape index (κ1) is 20.2. The average molecular weight is 427 g/mol. The van der Waals surface area contributed by atoms with E-state index in [2.05, 4.69) is 9.88 Å². The van der Waals surface area contributed by atoms with Gasteiger partial charge < -0.3 is 9.47 Å². The highest BCUT2D eigenvalue weighted by Crippen LogP contribution is 2.43. The largest absolute Gasteiger partial charge is 0.314 e. The van der Waals surface area contributed by atoms with E-state index >= 15 is 0 Å².